The number of rotatable bonds is 3. The highest BCUT2D eigenvalue weighted by molar-refractivity contribution is 5.66. The van der Waals surface area contributed by atoms with Gasteiger partial charge in [0.2, 0.25) is 0 Å². The maximum atomic E-state index is 10.7. The van der Waals surface area contributed by atoms with Crippen molar-refractivity contribution >= 4 is 5.97 Å². The Labute approximate surface area is 102 Å². The van der Waals surface area contributed by atoms with Crippen molar-refractivity contribution in [2.45, 2.75) is 32.1 Å². The van der Waals surface area contributed by atoms with Crippen molar-refractivity contribution in [3.63, 3.8) is 0 Å². The van der Waals surface area contributed by atoms with Crippen molar-refractivity contribution in [3.8, 4) is 0 Å². The molecule has 0 aromatic carbocycles. The number of carboxylic acids is 1. The molecule has 0 amide bonds. The monoisotopic (exact) mass is 232 g/mol. The van der Waals surface area contributed by atoms with E-state index in [9.17, 15) is 4.79 Å². The van der Waals surface area contributed by atoms with Crippen LogP contribution in [-0.2, 0) is 4.79 Å². The minimum atomic E-state index is -0.614. The summed E-state index contributed by atoms with van der Waals surface area (Å²) in [5.74, 6) is 5.57. The normalized spacial score (nSPS) is 53.3. The third-order valence-corrected chi connectivity index (χ3v) is 6.14. The number of hydrogen-bond acceptors (Lipinski definition) is 1. The summed E-state index contributed by atoms with van der Waals surface area (Å²) in [6, 6.07) is 0. The summed E-state index contributed by atoms with van der Waals surface area (Å²) in [6.45, 7) is 0. The van der Waals surface area contributed by atoms with Crippen LogP contribution < -0.4 is 0 Å². The summed E-state index contributed by atoms with van der Waals surface area (Å²) in [4.78, 5) is 10.7. The van der Waals surface area contributed by atoms with E-state index >= 15 is 0 Å². The zero-order valence-corrected chi connectivity index (χ0v) is 10.1. The summed E-state index contributed by atoms with van der Waals surface area (Å²) in [7, 11) is 0. The third kappa shape index (κ3) is 1.30. The van der Waals surface area contributed by atoms with Crippen molar-refractivity contribution in [1.29, 1.82) is 0 Å². The molecule has 7 atom stereocenters. The van der Waals surface area contributed by atoms with E-state index in [0.29, 0.717) is 6.42 Å². The van der Waals surface area contributed by atoms with Gasteiger partial charge >= 0.3 is 5.97 Å². The van der Waals surface area contributed by atoms with E-state index in [1.165, 1.54) is 19.3 Å². The molecule has 4 rings (SSSR count). The number of fused-ring (bicyclic) bond motifs is 9. The first-order valence-electron chi connectivity index (χ1n) is 7.14. The van der Waals surface area contributed by atoms with Gasteiger partial charge in [-0.05, 0) is 67.1 Å². The Morgan fingerprint density at radius 3 is 2.65 bits per heavy atom. The molecule has 2 nitrogen and oxygen atoms in total. The SMILES string of the molecule is O=C(O)CCC1CC2CC1C1C3C=CC(C3)C21. The lowest BCUT2D eigenvalue weighted by molar-refractivity contribution is -0.137. The van der Waals surface area contributed by atoms with Gasteiger partial charge in [-0.3, -0.25) is 4.79 Å². The van der Waals surface area contributed by atoms with E-state index in [-0.39, 0.29) is 0 Å². The molecule has 17 heavy (non-hydrogen) atoms. The highest BCUT2D eigenvalue weighted by Crippen LogP contribution is 2.67. The van der Waals surface area contributed by atoms with Gasteiger partial charge in [0.1, 0.15) is 0 Å². The Morgan fingerprint density at radius 2 is 1.88 bits per heavy atom. The van der Waals surface area contributed by atoms with Crippen LogP contribution in [0.25, 0.3) is 0 Å². The van der Waals surface area contributed by atoms with E-state index in [4.69, 9.17) is 5.11 Å². The Balaban J connectivity index is 1.51. The average molecular weight is 232 g/mol. The van der Waals surface area contributed by atoms with Crippen LogP contribution in [0.2, 0.25) is 0 Å². The Morgan fingerprint density at radius 1 is 1.12 bits per heavy atom. The number of hydrogen-bond donors (Lipinski definition) is 1. The zero-order chi connectivity index (χ0) is 11.6. The van der Waals surface area contributed by atoms with Gasteiger partial charge in [-0.1, -0.05) is 12.2 Å². The first-order chi connectivity index (χ1) is 8.24. The molecule has 3 fully saturated rings. The van der Waals surface area contributed by atoms with Crippen molar-refractivity contribution in [2.75, 3.05) is 0 Å². The highest BCUT2D eigenvalue weighted by Gasteiger charge is 2.60. The minimum absolute atomic E-state index is 0.384. The third-order valence-electron chi connectivity index (χ3n) is 6.14. The van der Waals surface area contributed by atoms with Gasteiger partial charge in [-0.15, -0.1) is 0 Å². The van der Waals surface area contributed by atoms with Gasteiger partial charge < -0.3 is 5.11 Å². The molecule has 7 unspecified atom stereocenters. The van der Waals surface area contributed by atoms with Crippen molar-refractivity contribution in [1.82, 2.24) is 0 Å². The van der Waals surface area contributed by atoms with Gasteiger partial charge in [0, 0.05) is 6.42 Å². The molecule has 0 saturated heterocycles. The molecule has 0 radical (unpaired) electrons. The minimum Gasteiger partial charge on any atom is -0.481 e. The first-order valence-corrected chi connectivity index (χ1v) is 7.14. The quantitative estimate of drug-likeness (QED) is 0.600. The van der Waals surface area contributed by atoms with Crippen LogP contribution in [0.4, 0.5) is 0 Å². The molecule has 4 aliphatic carbocycles. The molecule has 1 N–H and O–H groups in total. The molecule has 4 bridgehead atoms. The molecule has 0 aromatic heterocycles. The second kappa shape index (κ2) is 3.37. The summed E-state index contributed by atoms with van der Waals surface area (Å²) >= 11 is 0. The Kier molecular flexibility index (Phi) is 2.01. The Bertz CT molecular complexity index is 386. The second-order valence-corrected chi connectivity index (χ2v) is 6.69. The molecule has 4 aliphatic rings. The van der Waals surface area contributed by atoms with E-state index < -0.39 is 5.97 Å². The van der Waals surface area contributed by atoms with Gasteiger partial charge in [0.05, 0.1) is 0 Å². The van der Waals surface area contributed by atoms with E-state index in [2.05, 4.69) is 12.2 Å². The highest BCUT2D eigenvalue weighted by atomic mass is 16.4. The fourth-order valence-corrected chi connectivity index (χ4v) is 5.79. The van der Waals surface area contributed by atoms with Crippen LogP contribution in [0.3, 0.4) is 0 Å². The fourth-order valence-electron chi connectivity index (χ4n) is 5.79. The van der Waals surface area contributed by atoms with E-state index in [1.807, 2.05) is 0 Å². The molecule has 0 aromatic rings. The molecule has 0 heterocycles. The predicted molar refractivity (Wildman–Crippen MR) is 64.3 cm³/mol. The lowest BCUT2D eigenvalue weighted by Crippen LogP contribution is -2.31. The average Bonchev–Trinajstić information content (AvgIpc) is 3.03. The van der Waals surface area contributed by atoms with Crippen LogP contribution >= 0.6 is 0 Å². The fraction of sp³-hybridized carbons (Fsp3) is 0.800. The standard InChI is InChI=1S/C15H20O2/c16-13(17)4-3-8-5-11-7-12(8)15-10-2-1-9(6-10)14(11)15/h1-2,8-12,14-15H,3-7H2,(H,16,17). The summed E-state index contributed by atoms with van der Waals surface area (Å²) < 4.78 is 0. The second-order valence-electron chi connectivity index (χ2n) is 6.69. The number of carboxylic acid groups (broad SMARTS) is 1. The van der Waals surface area contributed by atoms with Crippen LogP contribution in [0.15, 0.2) is 12.2 Å². The van der Waals surface area contributed by atoms with Crippen molar-refractivity contribution in [2.24, 2.45) is 41.4 Å². The van der Waals surface area contributed by atoms with Crippen LogP contribution in [0.5, 0.6) is 0 Å². The lowest BCUT2D eigenvalue weighted by atomic mass is 9.68. The van der Waals surface area contributed by atoms with Gasteiger partial charge in [-0.2, -0.15) is 0 Å². The molecule has 0 spiro atoms. The molecule has 0 aliphatic heterocycles. The van der Waals surface area contributed by atoms with Gasteiger partial charge in [0.15, 0.2) is 0 Å². The molecular weight excluding hydrogens is 212 g/mol. The topological polar surface area (TPSA) is 37.3 Å². The van der Waals surface area contributed by atoms with Crippen LogP contribution in [0.1, 0.15) is 32.1 Å². The van der Waals surface area contributed by atoms with E-state index in [1.54, 1.807) is 0 Å². The molecule has 92 valence electrons. The summed E-state index contributed by atoms with van der Waals surface area (Å²) in [5.41, 5.74) is 0. The zero-order valence-electron chi connectivity index (χ0n) is 10.1. The molecule has 3 saturated carbocycles. The van der Waals surface area contributed by atoms with Gasteiger partial charge in [-0.25, -0.2) is 0 Å². The number of aliphatic carboxylic acids is 1. The first kappa shape index (κ1) is 10.2. The van der Waals surface area contributed by atoms with Crippen LogP contribution in [0, 0.1) is 41.4 Å². The lowest BCUT2D eigenvalue weighted by Gasteiger charge is -2.36. The maximum Gasteiger partial charge on any atom is 0.303 e. The largest absolute Gasteiger partial charge is 0.481 e. The summed E-state index contributed by atoms with van der Waals surface area (Å²) in [6.07, 6.45) is 10.4. The van der Waals surface area contributed by atoms with Gasteiger partial charge in [0.25, 0.3) is 0 Å². The predicted octanol–water partition coefficient (Wildman–Crippen LogP) is 2.95. The van der Waals surface area contributed by atoms with Crippen molar-refractivity contribution in [3.05, 3.63) is 12.2 Å². The maximum absolute atomic E-state index is 10.7. The number of carbonyl (C=O) groups is 1. The van der Waals surface area contributed by atoms with Crippen LogP contribution in [-0.4, -0.2) is 11.1 Å². The smallest absolute Gasteiger partial charge is 0.303 e. The molecule has 2 heteroatoms. The van der Waals surface area contributed by atoms with Crippen molar-refractivity contribution < 1.29 is 9.90 Å². The number of allylic oxidation sites excluding steroid dienone is 2. The summed E-state index contributed by atoms with van der Waals surface area (Å²) in [5, 5.41) is 8.83. The Hall–Kier alpha value is -0.790. The van der Waals surface area contributed by atoms with E-state index in [0.717, 1.165) is 47.8 Å². The molecular formula is C15H20O2.